The second kappa shape index (κ2) is 7.24. The minimum atomic E-state index is 0.126. The van der Waals surface area contributed by atoms with Crippen LogP contribution in [0.3, 0.4) is 0 Å². The van der Waals surface area contributed by atoms with Crippen LogP contribution < -0.4 is 10.1 Å². The minimum Gasteiger partial charge on any atom is -0.496 e. The first-order chi connectivity index (χ1) is 9.56. The Morgan fingerprint density at radius 1 is 1.10 bits per heavy atom. The van der Waals surface area contributed by atoms with E-state index in [-0.39, 0.29) is 6.04 Å². The summed E-state index contributed by atoms with van der Waals surface area (Å²) in [4.78, 5) is 0. The van der Waals surface area contributed by atoms with E-state index in [1.165, 1.54) is 14.7 Å². The van der Waals surface area contributed by atoms with Crippen molar-refractivity contribution >= 4 is 54.5 Å². The number of nitrogens with one attached hydrogen (secondary N) is 1. The number of rotatable bonds is 4. The zero-order valence-corrected chi connectivity index (χ0v) is 16.4. The molecular formula is C15H14Br2INO. The number of methoxy groups -OCH3 is 1. The lowest BCUT2D eigenvalue weighted by molar-refractivity contribution is 0.412. The van der Waals surface area contributed by atoms with Gasteiger partial charge in [0.2, 0.25) is 0 Å². The summed E-state index contributed by atoms with van der Waals surface area (Å²) < 4.78 is 8.56. The molecule has 5 heteroatoms. The lowest BCUT2D eigenvalue weighted by atomic mass is 9.99. The van der Waals surface area contributed by atoms with Gasteiger partial charge in [-0.25, -0.2) is 0 Å². The highest BCUT2D eigenvalue weighted by molar-refractivity contribution is 14.1. The molecule has 0 spiro atoms. The molecule has 0 aliphatic heterocycles. The highest BCUT2D eigenvalue weighted by Gasteiger charge is 2.16. The molecule has 106 valence electrons. The predicted octanol–water partition coefficient (Wildman–Crippen LogP) is 5.13. The van der Waals surface area contributed by atoms with E-state index in [0.717, 1.165) is 14.7 Å². The van der Waals surface area contributed by atoms with Crippen molar-refractivity contribution in [1.29, 1.82) is 0 Å². The van der Waals surface area contributed by atoms with Gasteiger partial charge in [0.15, 0.2) is 0 Å². The van der Waals surface area contributed by atoms with E-state index in [1.807, 2.05) is 13.1 Å². The minimum absolute atomic E-state index is 0.126. The number of hydrogen-bond donors (Lipinski definition) is 1. The second-order valence-corrected chi connectivity index (χ2v) is 7.24. The maximum Gasteiger partial charge on any atom is 0.133 e. The van der Waals surface area contributed by atoms with Crippen molar-refractivity contribution in [3.05, 3.63) is 60.0 Å². The van der Waals surface area contributed by atoms with Crippen LogP contribution in [0.4, 0.5) is 0 Å². The summed E-state index contributed by atoms with van der Waals surface area (Å²) >= 11 is 9.51. The number of hydrogen-bond acceptors (Lipinski definition) is 2. The molecule has 0 radical (unpaired) electrons. The maximum absolute atomic E-state index is 5.28. The lowest BCUT2D eigenvalue weighted by Gasteiger charge is -2.20. The van der Waals surface area contributed by atoms with E-state index in [1.54, 1.807) is 7.11 Å². The summed E-state index contributed by atoms with van der Waals surface area (Å²) in [7, 11) is 3.64. The van der Waals surface area contributed by atoms with Crippen LogP contribution >= 0.6 is 54.5 Å². The second-order valence-electron chi connectivity index (χ2n) is 4.28. The smallest absolute Gasteiger partial charge is 0.133 e. The molecule has 0 fully saturated rings. The van der Waals surface area contributed by atoms with E-state index in [4.69, 9.17) is 4.74 Å². The molecule has 0 saturated carbocycles. The number of halogens is 3. The Balaban J connectivity index is 2.46. The Hall–Kier alpha value is -0.110. The number of ether oxygens (including phenoxy) is 1. The van der Waals surface area contributed by atoms with Gasteiger partial charge < -0.3 is 10.1 Å². The summed E-state index contributed by atoms with van der Waals surface area (Å²) in [5.74, 6) is 0.838. The Bertz CT molecular complexity index is 619. The van der Waals surface area contributed by atoms with Gasteiger partial charge in [0.05, 0.1) is 17.6 Å². The molecule has 0 aliphatic rings. The van der Waals surface area contributed by atoms with Crippen molar-refractivity contribution in [1.82, 2.24) is 5.32 Å². The van der Waals surface area contributed by atoms with Crippen molar-refractivity contribution in [3.8, 4) is 5.75 Å². The highest BCUT2D eigenvalue weighted by atomic mass is 127. The molecule has 2 aromatic carbocycles. The van der Waals surface area contributed by atoms with Crippen LogP contribution in [0, 0.1) is 3.57 Å². The molecule has 20 heavy (non-hydrogen) atoms. The molecule has 0 bridgehead atoms. The molecule has 0 saturated heterocycles. The maximum atomic E-state index is 5.28. The van der Waals surface area contributed by atoms with Gasteiger partial charge in [0.25, 0.3) is 0 Å². The molecular weight excluding hydrogens is 497 g/mol. The third-order valence-corrected chi connectivity index (χ3v) is 5.08. The molecule has 2 aromatic rings. The fourth-order valence-electron chi connectivity index (χ4n) is 2.10. The zero-order chi connectivity index (χ0) is 14.7. The summed E-state index contributed by atoms with van der Waals surface area (Å²) in [5.41, 5.74) is 2.40. The van der Waals surface area contributed by atoms with Crippen LogP contribution in [0.15, 0.2) is 45.3 Å². The fraction of sp³-hybridized carbons (Fsp3) is 0.200. The zero-order valence-electron chi connectivity index (χ0n) is 11.1. The van der Waals surface area contributed by atoms with Crippen LogP contribution in [0.5, 0.6) is 5.75 Å². The standard InChI is InChI=1S/C15H14Br2INO/c1-19-15(11-8-10(18)4-5-12(11)16)9-3-6-14(20-2)13(17)7-9/h3-8,15,19H,1-2H3. The molecule has 0 amide bonds. The predicted molar refractivity (Wildman–Crippen MR) is 98.5 cm³/mol. The van der Waals surface area contributed by atoms with Gasteiger partial charge in [0, 0.05) is 8.04 Å². The average Bonchev–Trinajstić information content (AvgIpc) is 2.44. The van der Waals surface area contributed by atoms with E-state index in [0.29, 0.717) is 0 Å². The molecule has 1 atom stereocenters. The molecule has 2 nitrogen and oxygen atoms in total. The van der Waals surface area contributed by atoms with Gasteiger partial charge in [-0.1, -0.05) is 22.0 Å². The molecule has 0 aliphatic carbocycles. The van der Waals surface area contributed by atoms with Crippen molar-refractivity contribution in [2.24, 2.45) is 0 Å². The fourth-order valence-corrected chi connectivity index (χ4v) is 3.65. The summed E-state index contributed by atoms with van der Waals surface area (Å²) in [6, 6.07) is 12.6. The van der Waals surface area contributed by atoms with E-state index in [9.17, 15) is 0 Å². The van der Waals surface area contributed by atoms with Gasteiger partial charge in [-0.2, -0.15) is 0 Å². The topological polar surface area (TPSA) is 21.3 Å². The molecule has 2 rings (SSSR count). The summed E-state index contributed by atoms with van der Waals surface area (Å²) in [5, 5.41) is 3.37. The number of benzene rings is 2. The van der Waals surface area contributed by atoms with Gasteiger partial charge >= 0.3 is 0 Å². The van der Waals surface area contributed by atoms with E-state index >= 15 is 0 Å². The van der Waals surface area contributed by atoms with Crippen molar-refractivity contribution in [3.63, 3.8) is 0 Å². The normalized spacial score (nSPS) is 12.2. The molecule has 1 N–H and O–H groups in total. The molecule has 0 heterocycles. The third kappa shape index (κ3) is 3.55. The first kappa shape index (κ1) is 16.3. The van der Waals surface area contributed by atoms with Crippen molar-refractivity contribution in [2.75, 3.05) is 14.2 Å². The molecule has 0 aromatic heterocycles. The van der Waals surface area contributed by atoms with Gasteiger partial charge in [-0.15, -0.1) is 0 Å². The monoisotopic (exact) mass is 509 g/mol. The van der Waals surface area contributed by atoms with Gasteiger partial charge in [-0.05, 0) is 87.0 Å². The van der Waals surface area contributed by atoms with Gasteiger partial charge in [0.1, 0.15) is 5.75 Å². The van der Waals surface area contributed by atoms with Crippen LogP contribution in [-0.4, -0.2) is 14.2 Å². The lowest BCUT2D eigenvalue weighted by Crippen LogP contribution is -2.18. The van der Waals surface area contributed by atoms with Crippen LogP contribution in [-0.2, 0) is 0 Å². The largest absolute Gasteiger partial charge is 0.496 e. The van der Waals surface area contributed by atoms with Crippen LogP contribution in [0.2, 0.25) is 0 Å². The van der Waals surface area contributed by atoms with Gasteiger partial charge in [-0.3, -0.25) is 0 Å². The summed E-state index contributed by atoms with van der Waals surface area (Å²) in [6.07, 6.45) is 0. The Labute approximate surface area is 149 Å². The van der Waals surface area contributed by atoms with Crippen molar-refractivity contribution in [2.45, 2.75) is 6.04 Å². The third-order valence-electron chi connectivity index (χ3n) is 3.07. The van der Waals surface area contributed by atoms with Crippen LogP contribution in [0.1, 0.15) is 17.2 Å². The first-order valence-corrected chi connectivity index (χ1v) is 8.69. The molecule has 1 unspecified atom stereocenters. The average molecular weight is 511 g/mol. The Kier molecular flexibility index (Phi) is 5.89. The first-order valence-electron chi connectivity index (χ1n) is 6.02. The van der Waals surface area contributed by atoms with Crippen molar-refractivity contribution < 1.29 is 4.74 Å². The van der Waals surface area contributed by atoms with Crippen LogP contribution in [0.25, 0.3) is 0 Å². The quantitative estimate of drug-likeness (QED) is 0.576. The Morgan fingerprint density at radius 3 is 2.45 bits per heavy atom. The van der Waals surface area contributed by atoms with E-state index in [2.05, 4.69) is 90.1 Å². The van der Waals surface area contributed by atoms with E-state index < -0.39 is 0 Å². The highest BCUT2D eigenvalue weighted by Crippen LogP contribution is 2.33. The summed E-state index contributed by atoms with van der Waals surface area (Å²) in [6.45, 7) is 0. The SMILES string of the molecule is CNC(c1ccc(OC)c(Br)c1)c1cc(I)ccc1Br. The Morgan fingerprint density at radius 2 is 1.85 bits per heavy atom.